The lowest BCUT2D eigenvalue weighted by atomic mass is 10.1. The van der Waals surface area contributed by atoms with Crippen molar-refractivity contribution < 1.29 is 14.3 Å². The molecule has 0 aliphatic carbocycles. The monoisotopic (exact) mass is 391 g/mol. The minimum Gasteiger partial charge on any atom is -0.485 e. The Morgan fingerprint density at radius 3 is 2.48 bits per heavy atom. The van der Waals surface area contributed by atoms with E-state index < -0.39 is 0 Å². The third-order valence-electron chi connectivity index (χ3n) is 4.50. The molecular weight excluding hydrogens is 366 g/mol. The Kier molecular flexibility index (Phi) is 6.12. The molecule has 0 saturated heterocycles. The van der Waals surface area contributed by atoms with Gasteiger partial charge in [0.2, 0.25) is 5.91 Å². The molecule has 150 valence electrons. The molecule has 0 spiro atoms. The number of rotatable bonds is 7. The Balaban J connectivity index is 1.67. The molecule has 3 aromatic rings. The van der Waals surface area contributed by atoms with Crippen LogP contribution in [0.25, 0.3) is 11.3 Å². The maximum atomic E-state index is 12.4. The van der Waals surface area contributed by atoms with Crippen LogP contribution in [0.15, 0.2) is 42.6 Å². The maximum Gasteiger partial charge on any atom is 0.221 e. The van der Waals surface area contributed by atoms with Crippen LogP contribution in [-0.2, 0) is 16.0 Å². The largest absolute Gasteiger partial charge is 0.485 e. The Hall–Kier alpha value is -3.41. The van der Waals surface area contributed by atoms with Gasteiger partial charge in [-0.25, -0.2) is 4.98 Å². The fourth-order valence-electron chi connectivity index (χ4n) is 3.39. The Labute approximate surface area is 170 Å². The summed E-state index contributed by atoms with van der Waals surface area (Å²) in [6, 6.07) is 11.5. The first-order valence-corrected chi connectivity index (χ1v) is 9.46. The Bertz CT molecular complexity index is 1030. The zero-order valence-electron chi connectivity index (χ0n) is 17.1. The zero-order chi connectivity index (χ0) is 21.0. The molecule has 0 unspecified atom stereocenters. The fraction of sp³-hybridized carbons (Fsp3) is 0.261. The van der Waals surface area contributed by atoms with Crippen molar-refractivity contribution in [2.24, 2.45) is 0 Å². The molecule has 2 aromatic carbocycles. The van der Waals surface area contributed by atoms with Gasteiger partial charge < -0.3 is 15.0 Å². The van der Waals surface area contributed by atoms with E-state index in [4.69, 9.17) is 4.74 Å². The number of H-pyrrole nitrogens is 1. The first kappa shape index (κ1) is 20.3. The standard InChI is InChI=1S/C23H25N3O3/c1-14-9-15(2)23(16(3)10-14)29-13-18(28)11-22-24-12-21(26-22)19-7-5-6-8-20(19)25-17(4)27/h5-10,12H,11,13H2,1-4H3,(H,24,26)(H,25,27). The number of anilines is 1. The number of para-hydroxylation sites is 1. The number of nitrogens with zero attached hydrogens (tertiary/aromatic N) is 1. The molecular formula is C23H25N3O3. The van der Waals surface area contributed by atoms with Crippen LogP contribution in [0.4, 0.5) is 5.69 Å². The first-order valence-electron chi connectivity index (χ1n) is 9.46. The van der Waals surface area contributed by atoms with Gasteiger partial charge in [0.05, 0.1) is 24.0 Å². The number of Topliss-reactive ketones (excluding diaryl/α,β-unsaturated/α-hetero) is 1. The number of hydrogen-bond acceptors (Lipinski definition) is 4. The molecule has 0 bridgehead atoms. The molecule has 1 amide bonds. The van der Waals surface area contributed by atoms with Crippen LogP contribution in [0.2, 0.25) is 0 Å². The highest BCUT2D eigenvalue weighted by molar-refractivity contribution is 5.93. The van der Waals surface area contributed by atoms with E-state index in [0.29, 0.717) is 11.5 Å². The molecule has 0 saturated carbocycles. The lowest BCUT2D eigenvalue weighted by Gasteiger charge is -2.12. The molecule has 3 rings (SSSR count). The van der Waals surface area contributed by atoms with Crippen LogP contribution in [0.1, 0.15) is 29.4 Å². The van der Waals surface area contributed by atoms with E-state index in [1.807, 2.05) is 57.2 Å². The van der Waals surface area contributed by atoms with Gasteiger partial charge in [0.25, 0.3) is 0 Å². The number of aryl methyl sites for hydroxylation is 3. The van der Waals surface area contributed by atoms with Crippen molar-refractivity contribution in [1.82, 2.24) is 9.97 Å². The van der Waals surface area contributed by atoms with Crippen molar-refractivity contribution in [3.8, 4) is 17.0 Å². The van der Waals surface area contributed by atoms with Gasteiger partial charge in [-0.15, -0.1) is 0 Å². The van der Waals surface area contributed by atoms with Crippen molar-refractivity contribution >= 4 is 17.4 Å². The summed E-state index contributed by atoms with van der Waals surface area (Å²) in [5.74, 6) is 1.10. The minimum absolute atomic E-state index is 0.0107. The molecule has 1 aromatic heterocycles. The maximum absolute atomic E-state index is 12.4. The number of carbonyl (C=O) groups excluding carboxylic acids is 2. The number of carbonyl (C=O) groups is 2. The number of aromatic amines is 1. The predicted octanol–water partition coefficient (Wildman–Crippen LogP) is 4.15. The molecule has 6 heteroatoms. The SMILES string of the molecule is CC(=O)Nc1ccccc1-c1cnc(CC(=O)COc2c(C)cc(C)cc2C)[nH]1. The number of nitrogens with one attached hydrogen (secondary N) is 2. The lowest BCUT2D eigenvalue weighted by molar-refractivity contribution is -0.120. The van der Waals surface area contributed by atoms with Crippen LogP contribution in [-0.4, -0.2) is 28.3 Å². The summed E-state index contributed by atoms with van der Waals surface area (Å²) >= 11 is 0. The van der Waals surface area contributed by atoms with E-state index in [-0.39, 0.29) is 24.7 Å². The summed E-state index contributed by atoms with van der Waals surface area (Å²) in [7, 11) is 0. The third-order valence-corrected chi connectivity index (χ3v) is 4.50. The van der Waals surface area contributed by atoms with Gasteiger partial charge in [0, 0.05) is 12.5 Å². The van der Waals surface area contributed by atoms with Crippen molar-refractivity contribution in [2.45, 2.75) is 34.1 Å². The molecule has 0 radical (unpaired) electrons. The number of benzene rings is 2. The highest BCUT2D eigenvalue weighted by Crippen LogP contribution is 2.27. The summed E-state index contributed by atoms with van der Waals surface area (Å²) in [6.07, 6.45) is 1.81. The fourth-order valence-corrected chi connectivity index (χ4v) is 3.39. The summed E-state index contributed by atoms with van der Waals surface area (Å²) in [5, 5.41) is 2.80. The van der Waals surface area contributed by atoms with Crippen LogP contribution in [0.3, 0.4) is 0 Å². The van der Waals surface area contributed by atoms with E-state index in [0.717, 1.165) is 28.1 Å². The van der Waals surface area contributed by atoms with E-state index >= 15 is 0 Å². The van der Waals surface area contributed by atoms with Gasteiger partial charge in [-0.2, -0.15) is 0 Å². The number of ketones is 1. The second-order valence-corrected chi connectivity index (χ2v) is 7.20. The molecule has 29 heavy (non-hydrogen) atoms. The van der Waals surface area contributed by atoms with Crippen molar-refractivity contribution in [1.29, 1.82) is 0 Å². The predicted molar refractivity (Wildman–Crippen MR) is 113 cm³/mol. The number of ether oxygens (including phenoxy) is 1. The molecule has 0 fully saturated rings. The topological polar surface area (TPSA) is 84.1 Å². The molecule has 0 atom stereocenters. The van der Waals surface area contributed by atoms with Gasteiger partial charge in [0.15, 0.2) is 5.78 Å². The molecule has 2 N–H and O–H groups in total. The van der Waals surface area contributed by atoms with Crippen LogP contribution in [0.5, 0.6) is 5.75 Å². The normalized spacial score (nSPS) is 10.6. The molecule has 0 aliphatic rings. The van der Waals surface area contributed by atoms with Crippen LogP contribution in [0, 0.1) is 20.8 Å². The summed E-state index contributed by atoms with van der Waals surface area (Å²) in [5.41, 5.74) is 5.45. The minimum atomic E-state index is -0.147. The van der Waals surface area contributed by atoms with Crippen molar-refractivity contribution in [2.75, 3.05) is 11.9 Å². The molecule has 1 heterocycles. The number of amides is 1. The van der Waals surface area contributed by atoms with Crippen LogP contribution < -0.4 is 10.1 Å². The lowest BCUT2D eigenvalue weighted by Crippen LogP contribution is -2.15. The quantitative estimate of drug-likeness (QED) is 0.634. The second kappa shape index (κ2) is 8.73. The highest BCUT2D eigenvalue weighted by Gasteiger charge is 2.13. The summed E-state index contributed by atoms with van der Waals surface area (Å²) in [4.78, 5) is 31.3. The summed E-state index contributed by atoms with van der Waals surface area (Å²) < 4.78 is 5.77. The first-order chi connectivity index (χ1) is 13.8. The second-order valence-electron chi connectivity index (χ2n) is 7.20. The molecule has 0 aliphatic heterocycles. The van der Waals surface area contributed by atoms with Gasteiger partial charge in [-0.3, -0.25) is 9.59 Å². The van der Waals surface area contributed by atoms with Gasteiger partial charge in [-0.1, -0.05) is 35.9 Å². The van der Waals surface area contributed by atoms with E-state index in [1.54, 1.807) is 6.20 Å². The van der Waals surface area contributed by atoms with Crippen LogP contribution >= 0.6 is 0 Å². The Morgan fingerprint density at radius 1 is 1.10 bits per heavy atom. The smallest absolute Gasteiger partial charge is 0.221 e. The molecule has 6 nitrogen and oxygen atoms in total. The summed E-state index contributed by atoms with van der Waals surface area (Å²) in [6.45, 7) is 7.44. The number of imidazole rings is 1. The third kappa shape index (κ3) is 5.10. The average Bonchev–Trinajstić information content (AvgIpc) is 3.09. The van der Waals surface area contributed by atoms with Crippen molar-refractivity contribution in [3.05, 3.63) is 65.1 Å². The van der Waals surface area contributed by atoms with E-state index in [2.05, 4.69) is 15.3 Å². The van der Waals surface area contributed by atoms with E-state index in [1.165, 1.54) is 12.5 Å². The van der Waals surface area contributed by atoms with Gasteiger partial charge >= 0.3 is 0 Å². The number of aromatic nitrogens is 2. The Morgan fingerprint density at radius 2 is 1.79 bits per heavy atom. The highest BCUT2D eigenvalue weighted by atomic mass is 16.5. The van der Waals surface area contributed by atoms with E-state index in [9.17, 15) is 9.59 Å². The zero-order valence-corrected chi connectivity index (χ0v) is 17.1. The van der Waals surface area contributed by atoms with Crippen molar-refractivity contribution in [3.63, 3.8) is 0 Å². The van der Waals surface area contributed by atoms with Gasteiger partial charge in [0.1, 0.15) is 18.2 Å². The van der Waals surface area contributed by atoms with Gasteiger partial charge in [-0.05, 0) is 38.0 Å². The average molecular weight is 391 g/mol. The number of hydrogen-bond donors (Lipinski definition) is 2.